The van der Waals surface area contributed by atoms with Crippen molar-refractivity contribution < 1.29 is 42.0 Å². The molecular formula is C19H27N4O9P. The van der Waals surface area contributed by atoms with Gasteiger partial charge >= 0.3 is 13.8 Å². The molecule has 0 N–H and O–H groups in total. The molecule has 0 spiro atoms. The Morgan fingerprint density at radius 1 is 1.42 bits per heavy atom. The Balaban J connectivity index is 1.70. The second-order valence-corrected chi connectivity index (χ2v) is 10.1. The summed E-state index contributed by atoms with van der Waals surface area (Å²) in [6, 6.07) is 0. The minimum atomic E-state index is -4.08. The molecule has 14 heteroatoms. The highest BCUT2D eigenvalue weighted by molar-refractivity contribution is 7.48. The van der Waals surface area contributed by atoms with Crippen molar-refractivity contribution in [2.24, 2.45) is 11.0 Å². The average molecular weight is 486 g/mol. The normalized spacial score (nSPS) is 34.7. The maximum Gasteiger partial charge on any atom is 0.475 e. The number of allylic oxidation sites excluding steroid dienone is 1. The lowest BCUT2D eigenvalue weighted by Crippen LogP contribution is -2.53. The van der Waals surface area contributed by atoms with E-state index in [2.05, 4.69) is 10.0 Å². The molecule has 3 aliphatic rings. The Kier molecular flexibility index (Phi) is 7.62. The predicted octanol–water partition coefficient (Wildman–Crippen LogP) is 2.61. The molecule has 13 nitrogen and oxygen atoms in total. The standard InChI is InChI=1S/C19H27N4O9P/c1-11(2)30-17(26)12(3)6-8-28-33(27)29-10-14-16(32-33)19(4,21-22-20)18(31-14)23-7-5-13(24)9-15(23)25/h5,7,11-12,14,16,18H,6,8-10H2,1-4H3/t12?,14-,16-,18-,19-,33+/m1/s1. The Morgan fingerprint density at radius 3 is 2.79 bits per heavy atom. The zero-order valence-corrected chi connectivity index (χ0v) is 19.7. The van der Waals surface area contributed by atoms with Crippen molar-refractivity contribution in [1.82, 2.24) is 4.90 Å². The van der Waals surface area contributed by atoms with Crippen LogP contribution < -0.4 is 0 Å². The highest BCUT2D eigenvalue weighted by atomic mass is 31.2. The van der Waals surface area contributed by atoms with Crippen LogP contribution in [-0.4, -0.2) is 65.9 Å². The van der Waals surface area contributed by atoms with E-state index in [4.69, 9.17) is 28.6 Å². The predicted molar refractivity (Wildman–Crippen MR) is 111 cm³/mol. The summed E-state index contributed by atoms with van der Waals surface area (Å²) < 4.78 is 40.4. The van der Waals surface area contributed by atoms with Crippen LogP contribution in [0.4, 0.5) is 0 Å². The zero-order chi connectivity index (χ0) is 24.4. The second-order valence-electron chi connectivity index (χ2n) is 8.48. The lowest BCUT2D eigenvalue weighted by Gasteiger charge is -2.37. The van der Waals surface area contributed by atoms with Crippen LogP contribution in [-0.2, 0) is 42.0 Å². The van der Waals surface area contributed by atoms with Crippen LogP contribution in [0.15, 0.2) is 17.4 Å². The fraction of sp³-hybridized carbons (Fsp3) is 0.737. The monoisotopic (exact) mass is 486 g/mol. The fourth-order valence-electron chi connectivity index (χ4n) is 3.71. The van der Waals surface area contributed by atoms with Gasteiger partial charge in [0.15, 0.2) is 12.0 Å². The van der Waals surface area contributed by atoms with Crippen LogP contribution in [0.1, 0.15) is 40.5 Å². The lowest BCUT2D eigenvalue weighted by atomic mass is 9.92. The number of rotatable bonds is 8. The van der Waals surface area contributed by atoms with E-state index in [1.165, 1.54) is 19.2 Å². The molecule has 1 amide bonds. The third kappa shape index (κ3) is 5.46. The molecule has 2 saturated heterocycles. The van der Waals surface area contributed by atoms with Gasteiger partial charge in [-0.05, 0) is 38.8 Å². The lowest BCUT2D eigenvalue weighted by molar-refractivity contribution is -0.152. The molecule has 0 bridgehead atoms. The van der Waals surface area contributed by atoms with Crippen LogP contribution in [0.25, 0.3) is 10.4 Å². The molecule has 0 radical (unpaired) electrons. The molecule has 0 aromatic rings. The number of ketones is 1. The highest BCUT2D eigenvalue weighted by Gasteiger charge is 2.62. The van der Waals surface area contributed by atoms with Crippen LogP contribution in [0.5, 0.6) is 0 Å². The first kappa shape index (κ1) is 25.4. The smallest absolute Gasteiger partial charge is 0.463 e. The molecular weight excluding hydrogens is 459 g/mol. The van der Waals surface area contributed by atoms with Gasteiger partial charge in [0.2, 0.25) is 5.91 Å². The van der Waals surface area contributed by atoms with Gasteiger partial charge in [-0.25, -0.2) is 4.57 Å². The average Bonchev–Trinajstić information content (AvgIpc) is 2.99. The molecule has 1 unspecified atom stereocenters. The minimum Gasteiger partial charge on any atom is -0.463 e. The van der Waals surface area contributed by atoms with Crippen molar-refractivity contribution in [3.63, 3.8) is 0 Å². The Hall–Kier alpha value is -2.27. The van der Waals surface area contributed by atoms with E-state index in [1.807, 2.05) is 0 Å². The maximum atomic E-state index is 13.1. The third-order valence-corrected chi connectivity index (χ3v) is 6.91. The summed E-state index contributed by atoms with van der Waals surface area (Å²) in [7, 11) is -4.08. The molecule has 6 atom stereocenters. The van der Waals surface area contributed by atoms with E-state index < -0.39 is 49.6 Å². The molecule has 0 aromatic carbocycles. The summed E-state index contributed by atoms with van der Waals surface area (Å²) in [5.41, 5.74) is 7.66. The highest BCUT2D eigenvalue weighted by Crippen LogP contribution is 2.58. The van der Waals surface area contributed by atoms with Gasteiger partial charge in [-0.3, -0.25) is 32.9 Å². The largest absolute Gasteiger partial charge is 0.475 e. The molecule has 0 saturated carbocycles. The Morgan fingerprint density at radius 2 is 2.15 bits per heavy atom. The number of azide groups is 1. The number of carbonyl (C=O) groups excluding carboxylic acids is 3. The Bertz CT molecular complexity index is 934. The first-order valence-corrected chi connectivity index (χ1v) is 12.0. The summed E-state index contributed by atoms with van der Waals surface area (Å²) in [4.78, 5) is 39.8. The van der Waals surface area contributed by atoms with Gasteiger partial charge in [-0.1, -0.05) is 12.0 Å². The summed E-state index contributed by atoms with van der Waals surface area (Å²) in [6.07, 6.45) is -0.889. The Labute approximate surface area is 190 Å². The molecule has 2 fully saturated rings. The van der Waals surface area contributed by atoms with Crippen molar-refractivity contribution in [1.29, 1.82) is 0 Å². The van der Waals surface area contributed by atoms with Crippen LogP contribution in [0.2, 0.25) is 0 Å². The summed E-state index contributed by atoms with van der Waals surface area (Å²) >= 11 is 0. The van der Waals surface area contributed by atoms with E-state index >= 15 is 0 Å². The number of carbonyl (C=O) groups is 3. The van der Waals surface area contributed by atoms with Crippen molar-refractivity contribution in [3.05, 3.63) is 22.7 Å². The summed E-state index contributed by atoms with van der Waals surface area (Å²) in [6.45, 7) is 6.32. The van der Waals surface area contributed by atoms with Gasteiger partial charge in [-0.2, -0.15) is 0 Å². The quantitative estimate of drug-likeness (QED) is 0.125. The topological polar surface area (TPSA) is 166 Å². The van der Waals surface area contributed by atoms with E-state index in [-0.39, 0.29) is 37.9 Å². The number of ether oxygens (including phenoxy) is 2. The van der Waals surface area contributed by atoms with Gasteiger partial charge in [-0.15, -0.1) is 0 Å². The summed E-state index contributed by atoms with van der Waals surface area (Å²) in [5, 5.41) is 3.80. The molecule has 3 aliphatic heterocycles. The van der Waals surface area contributed by atoms with Crippen LogP contribution >= 0.6 is 7.82 Å². The van der Waals surface area contributed by atoms with Gasteiger partial charge in [0.1, 0.15) is 17.7 Å². The number of fused-ring (bicyclic) bond motifs is 1. The molecule has 182 valence electrons. The van der Waals surface area contributed by atoms with Crippen LogP contribution in [0.3, 0.4) is 0 Å². The second kappa shape index (κ2) is 9.92. The first-order chi connectivity index (χ1) is 15.5. The SMILES string of the molecule is CC(C)OC(=O)C(C)CCO[P@@]1(=O)OC[C@H]2O[C@@H](N3C=CC(=O)CC3=O)[C@](C)(N=[N+]=[N-])[C@@H]2O1. The molecule has 3 rings (SSSR count). The number of amides is 1. The van der Waals surface area contributed by atoms with Crippen molar-refractivity contribution in [3.8, 4) is 0 Å². The zero-order valence-electron chi connectivity index (χ0n) is 18.8. The summed E-state index contributed by atoms with van der Waals surface area (Å²) in [5.74, 6) is -1.80. The van der Waals surface area contributed by atoms with Gasteiger partial charge in [0, 0.05) is 11.1 Å². The molecule has 0 aliphatic carbocycles. The fourth-order valence-corrected chi connectivity index (χ4v) is 5.19. The molecule has 33 heavy (non-hydrogen) atoms. The maximum absolute atomic E-state index is 13.1. The number of hydrogen-bond acceptors (Lipinski definition) is 10. The van der Waals surface area contributed by atoms with E-state index in [1.54, 1.807) is 20.8 Å². The van der Waals surface area contributed by atoms with Gasteiger partial charge in [0.05, 0.1) is 31.7 Å². The minimum absolute atomic E-state index is 0.110. The third-order valence-electron chi connectivity index (χ3n) is 5.46. The van der Waals surface area contributed by atoms with E-state index in [9.17, 15) is 18.9 Å². The first-order valence-electron chi connectivity index (χ1n) is 10.5. The molecule has 0 aromatic heterocycles. The van der Waals surface area contributed by atoms with Crippen molar-refractivity contribution in [2.75, 3.05) is 13.2 Å². The molecule has 3 heterocycles. The van der Waals surface area contributed by atoms with Gasteiger partial charge in [0.25, 0.3) is 0 Å². The van der Waals surface area contributed by atoms with E-state index in [0.29, 0.717) is 0 Å². The number of nitrogens with zero attached hydrogens (tertiary/aromatic N) is 4. The van der Waals surface area contributed by atoms with Crippen molar-refractivity contribution in [2.45, 2.75) is 70.6 Å². The number of phosphoric acid groups is 1. The van der Waals surface area contributed by atoms with Crippen molar-refractivity contribution >= 4 is 25.5 Å². The number of phosphoric ester groups is 1. The van der Waals surface area contributed by atoms with E-state index in [0.717, 1.165) is 4.90 Å². The van der Waals surface area contributed by atoms with Gasteiger partial charge < -0.3 is 9.47 Å². The number of esters is 1. The van der Waals surface area contributed by atoms with Crippen LogP contribution in [0, 0.1) is 5.92 Å². The number of hydrogen-bond donors (Lipinski definition) is 0.